The zero-order valence-electron chi connectivity index (χ0n) is 13.2. The summed E-state index contributed by atoms with van der Waals surface area (Å²) < 4.78 is 5.36. The average molecular weight is 264 g/mol. The van der Waals surface area contributed by atoms with E-state index in [0.717, 1.165) is 0 Å². The summed E-state index contributed by atoms with van der Waals surface area (Å²) in [5.41, 5.74) is 1.71. The molecule has 0 spiro atoms. The van der Waals surface area contributed by atoms with Crippen molar-refractivity contribution in [3.63, 3.8) is 0 Å². The van der Waals surface area contributed by atoms with Crippen LogP contribution < -0.4 is 0 Å². The van der Waals surface area contributed by atoms with Crippen LogP contribution in [0.2, 0.25) is 0 Å². The lowest BCUT2D eigenvalue weighted by Crippen LogP contribution is -2.26. The molecule has 1 rings (SSSR count). The van der Waals surface area contributed by atoms with Crippen molar-refractivity contribution in [2.24, 2.45) is 17.3 Å². The molecule has 0 saturated heterocycles. The van der Waals surface area contributed by atoms with Gasteiger partial charge in [0, 0.05) is 5.92 Å². The molecule has 19 heavy (non-hydrogen) atoms. The fourth-order valence-corrected chi connectivity index (χ4v) is 2.61. The van der Waals surface area contributed by atoms with Crippen LogP contribution in [0.5, 0.6) is 0 Å². The maximum Gasteiger partial charge on any atom is 0.308 e. The average Bonchev–Trinajstić information content (AvgIpc) is 2.27. The molecule has 2 heteroatoms. The maximum atomic E-state index is 11.5. The van der Waals surface area contributed by atoms with Crippen LogP contribution in [0.1, 0.15) is 54.4 Å². The summed E-state index contributed by atoms with van der Waals surface area (Å²) in [5.74, 6) is 0.248. The molecule has 0 unspecified atom stereocenters. The van der Waals surface area contributed by atoms with Gasteiger partial charge in [0.05, 0.1) is 5.92 Å². The number of ether oxygens (including phenoxy) is 1. The van der Waals surface area contributed by atoms with Crippen LogP contribution in [0.25, 0.3) is 0 Å². The van der Waals surface area contributed by atoms with Crippen LogP contribution in [0.15, 0.2) is 23.8 Å². The second-order valence-corrected chi connectivity index (χ2v) is 6.63. The zero-order chi connectivity index (χ0) is 14.6. The number of carbonyl (C=O) groups is 1. The Bertz CT molecular complexity index is 375. The van der Waals surface area contributed by atoms with Gasteiger partial charge in [0.15, 0.2) is 0 Å². The Balaban J connectivity index is 2.67. The Hall–Kier alpha value is -1.05. The molecule has 0 N–H and O–H groups in total. The van der Waals surface area contributed by atoms with Crippen LogP contribution in [0.4, 0.5) is 0 Å². The highest BCUT2D eigenvalue weighted by molar-refractivity contribution is 5.71. The Kier molecular flexibility index (Phi) is 5.39. The lowest BCUT2D eigenvalue weighted by Gasteiger charge is -2.36. The number of hydrogen-bond donors (Lipinski definition) is 0. The molecule has 0 saturated carbocycles. The fraction of sp³-hybridized carbons (Fsp3) is 0.706. The summed E-state index contributed by atoms with van der Waals surface area (Å²) in [7, 11) is 0. The van der Waals surface area contributed by atoms with Crippen molar-refractivity contribution in [2.75, 3.05) is 0 Å². The third-order valence-electron chi connectivity index (χ3n) is 3.94. The highest BCUT2D eigenvalue weighted by atomic mass is 16.5. The Morgan fingerprint density at radius 1 is 1.42 bits per heavy atom. The van der Waals surface area contributed by atoms with Gasteiger partial charge in [-0.2, -0.15) is 0 Å². The SMILES string of the molecule is CC1=CCCC(C)(C)[C@@H]1/C=C/[C@H](C)OC(=O)C(C)C. The molecule has 1 aliphatic rings. The third-order valence-corrected chi connectivity index (χ3v) is 3.94. The summed E-state index contributed by atoms with van der Waals surface area (Å²) in [4.78, 5) is 11.5. The first-order valence-electron chi connectivity index (χ1n) is 7.29. The minimum Gasteiger partial charge on any atom is -0.458 e. The summed E-state index contributed by atoms with van der Waals surface area (Å²) in [6, 6.07) is 0. The van der Waals surface area contributed by atoms with E-state index < -0.39 is 0 Å². The zero-order valence-corrected chi connectivity index (χ0v) is 13.2. The molecule has 108 valence electrons. The highest BCUT2D eigenvalue weighted by Gasteiger charge is 2.30. The lowest BCUT2D eigenvalue weighted by molar-refractivity contribution is -0.149. The number of rotatable bonds is 4. The maximum absolute atomic E-state index is 11.5. The van der Waals surface area contributed by atoms with E-state index in [0.29, 0.717) is 5.92 Å². The molecule has 0 radical (unpaired) electrons. The van der Waals surface area contributed by atoms with Gasteiger partial charge < -0.3 is 4.74 Å². The summed E-state index contributed by atoms with van der Waals surface area (Å²) >= 11 is 0. The molecule has 0 bridgehead atoms. The molecule has 0 aromatic heterocycles. The first kappa shape index (κ1) is 16.0. The largest absolute Gasteiger partial charge is 0.458 e. The lowest BCUT2D eigenvalue weighted by atomic mass is 9.68. The Labute approximate surface area is 117 Å². The number of esters is 1. The Morgan fingerprint density at radius 3 is 2.58 bits per heavy atom. The number of carbonyl (C=O) groups excluding carboxylic acids is 1. The van der Waals surface area contributed by atoms with Crippen molar-refractivity contribution in [3.8, 4) is 0 Å². The number of hydrogen-bond acceptors (Lipinski definition) is 2. The predicted octanol–water partition coefficient (Wildman–Crippen LogP) is 4.51. The van der Waals surface area contributed by atoms with E-state index in [1.54, 1.807) is 0 Å². The van der Waals surface area contributed by atoms with Gasteiger partial charge in [-0.1, -0.05) is 45.4 Å². The van der Waals surface area contributed by atoms with Crippen LogP contribution >= 0.6 is 0 Å². The van der Waals surface area contributed by atoms with E-state index in [1.165, 1.54) is 18.4 Å². The minimum absolute atomic E-state index is 0.0661. The van der Waals surface area contributed by atoms with Crippen molar-refractivity contribution in [1.29, 1.82) is 0 Å². The molecule has 2 atom stereocenters. The van der Waals surface area contributed by atoms with E-state index >= 15 is 0 Å². The monoisotopic (exact) mass is 264 g/mol. The van der Waals surface area contributed by atoms with Crippen molar-refractivity contribution >= 4 is 5.97 Å². The molecule has 0 amide bonds. The van der Waals surface area contributed by atoms with Gasteiger partial charge in [-0.15, -0.1) is 0 Å². The van der Waals surface area contributed by atoms with E-state index in [1.807, 2.05) is 26.8 Å². The standard InChI is InChI=1S/C17H28O2/c1-12(2)16(18)19-14(4)9-10-15-13(3)8-7-11-17(15,5)6/h8-10,12,14-15H,7,11H2,1-6H3/b10-9+/t14-,15+/m0/s1. The van der Waals surface area contributed by atoms with Crippen LogP contribution in [-0.4, -0.2) is 12.1 Å². The second-order valence-electron chi connectivity index (χ2n) is 6.63. The molecule has 0 aromatic carbocycles. The predicted molar refractivity (Wildman–Crippen MR) is 79.8 cm³/mol. The molecule has 2 nitrogen and oxygen atoms in total. The van der Waals surface area contributed by atoms with Gasteiger partial charge in [-0.25, -0.2) is 0 Å². The smallest absolute Gasteiger partial charge is 0.308 e. The second kappa shape index (κ2) is 6.40. The van der Waals surface area contributed by atoms with Gasteiger partial charge in [0.1, 0.15) is 6.10 Å². The van der Waals surface area contributed by atoms with Crippen molar-refractivity contribution in [1.82, 2.24) is 0 Å². The van der Waals surface area contributed by atoms with Gasteiger partial charge in [-0.3, -0.25) is 4.79 Å². The number of allylic oxidation sites excluding steroid dienone is 3. The van der Waals surface area contributed by atoms with Gasteiger partial charge in [0.25, 0.3) is 0 Å². The quantitative estimate of drug-likeness (QED) is 0.551. The van der Waals surface area contributed by atoms with E-state index in [4.69, 9.17) is 4.74 Å². The minimum atomic E-state index is -0.152. The van der Waals surface area contributed by atoms with Gasteiger partial charge >= 0.3 is 5.97 Å². The molecule has 0 fully saturated rings. The molecule has 0 heterocycles. The van der Waals surface area contributed by atoms with Gasteiger partial charge in [0.2, 0.25) is 0 Å². The third kappa shape index (κ3) is 4.52. The van der Waals surface area contributed by atoms with Crippen LogP contribution in [0.3, 0.4) is 0 Å². The molecule has 0 aliphatic heterocycles. The van der Waals surface area contributed by atoms with Crippen molar-refractivity contribution in [3.05, 3.63) is 23.8 Å². The van der Waals surface area contributed by atoms with Crippen LogP contribution in [-0.2, 0) is 9.53 Å². The summed E-state index contributed by atoms with van der Waals surface area (Å²) in [6.45, 7) is 12.4. The topological polar surface area (TPSA) is 26.3 Å². The van der Waals surface area contributed by atoms with Crippen LogP contribution in [0, 0.1) is 17.3 Å². The normalized spacial score (nSPS) is 24.4. The first-order valence-corrected chi connectivity index (χ1v) is 7.29. The van der Waals surface area contributed by atoms with E-state index in [9.17, 15) is 4.79 Å². The molecular weight excluding hydrogens is 236 g/mol. The van der Waals surface area contributed by atoms with Crippen molar-refractivity contribution in [2.45, 2.75) is 60.5 Å². The summed E-state index contributed by atoms with van der Waals surface area (Å²) in [6.07, 6.45) is 8.78. The highest BCUT2D eigenvalue weighted by Crippen LogP contribution is 2.41. The van der Waals surface area contributed by atoms with Gasteiger partial charge in [-0.05, 0) is 38.2 Å². The Morgan fingerprint density at radius 2 is 2.05 bits per heavy atom. The molecule has 1 aliphatic carbocycles. The molecule has 0 aromatic rings. The fourth-order valence-electron chi connectivity index (χ4n) is 2.61. The first-order chi connectivity index (χ1) is 8.74. The summed E-state index contributed by atoms with van der Waals surface area (Å²) in [5, 5.41) is 0. The van der Waals surface area contributed by atoms with E-state index in [2.05, 4.69) is 32.9 Å². The van der Waals surface area contributed by atoms with E-state index in [-0.39, 0.29) is 23.4 Å². The molecular formula is C17H28O2. The van der Waals surface area contributed by atoms with Crippen molar-refractivity contribution < 1.29 is 9.53 Å².